The quantitative estimate of drug-likeness (QED) is 0.370. The van der Waals surface area contributed by atoms with Crippen LogP contribution in [0.25, 0.3) is 12.2 Å². The van der Waals surface area contributed by atoms with E-state index in [0.717, 1.165) is 22.6 Å². The van der Waals surface area contributed by atoms with Crippen molar-refractivity contribution in [2.45, 2.75) is 26.4 Å². The average Bonchev–Trinajstić information content (AvgIpc) is 2.79. The molecule has 0 radical (unpaired) electrons. The van der Waals surface area contributed by atoms with Gasteiger partial charge in [-0.05, 0) is 56.2 Å². The summed E-state index contributed by atoms with van der Waals surface area (Å²) in [6.45, 7) is 7.77. The van der Waals surface area contributed by atoms with Gasteiger partial charge in [0.2, 0.25) is 0 Å². The van der Waals surface area contributed by atoms with Crippen molar-refractivity contribution in [1.29, 1.82) is 0 Å². The first-order chi connectivity index (χ1) is 15.8. The Kier molecular flexibility index (Phi) is 10.9. The summed E-state index contributed by atoms with van der Waals surface area (Å²) in [6, 6.07) is 15.5. The van der Waals surface area contributed by atoms with Crippen molar-refractivity contribution in [3.8, 4) is 5.75 Å². The lowest BCUT2D eigenvalue weighted by Gasteiger charge is -2.24. The van der Waals surface area contributed by atoms with Crippen molar-refractivity contribution >= 4 is 23.9 Å². The molecular weight excluding hydrogens is 422 g/mol. The zero-order chi connectivity index (χ0) is 24.1. The minimum Gasteiger partial charge on any atom is -0.491 e. The van der Waals surface area contributed by atoms with Crippen molar-refractivity contribution in [3.63, 3.8) is 0 Å². The molecule has 0 bridgehead atoms. The van der Waals surface area contributed by atoms with Gasteiger partial charge in [0.15, 0.2) is 0 Å². The fraction of sp³-hybridized carbons (Fsp3) is 0.423. The molecule has 2 aromatic carbocycles. The highest BCUT2D eigenvalue weighted by molar-refractivity contribution is 5.87. The molecule has 0 unspecified atom stereocenters. The minimum absolute atomic E-state index is 0.0218. The molecule has 7 nitrogen and oxygen atoms in total. The van der Waals surface area contributed by atoms with E-state index in [2.05, 4.69) is 0 Å². The van der Waals surface area contributed by atoms with Crippen LogP contribution in [0.2, 0.25) is 0 Å². The number of nitrogens with zero attached hydrogens (tertiary/aromatic N) is 1. The molecule has 0 fully saturated rings. The molecule has 7 heteroatoms. The van der Waals surface area contributed by atoms with Gasteiger partial charge in [0.05, 0.1) is 33.0 Å². The number of amides is 1. The van der Waals surface area contributed by atoms with E-state index in [-0.39, 0.29) is 12.7 Å². The number of ether oxygens (including phenoxy) is 4. The summed E-state index contributed by atoms with van der Waals surface area (Å²) < 4.78 is 21.6. The van der Waals surface area contributed by atoms with Gasteiger partial charge >= 0.3 is 6.09 Å². The van der Waals surface area contributed by atoms with Gasteiger partial charge < -0.3 is 24.1 Å². The molecule has 1 N–H and O–H groups in total. The minimum atomic E-state index is -0.529. The molecule has 2 rings (SSSR count). The average molecular weight is 458 g/mol. The molecule has 0 heterocycles. The predicted octanol–water partition coefficient (Wildman–Crippen LogP) is 4.63. The Morgan fingerprint density at radius 2 is 1.36 bits per heavy atom. The third kappa shape index (κ3) is 10.5. The van der Waals surface area contributed by atoms with Crippen molar-refractivity contribution in [3.05, 3.63) is 59.7 Å². The SMILES string of the molecule is CN(C(=O)OC(C)(C)C)c1ccc(C=Cc2ccc(OCCOCCOCCO)cc2)cc1. The van der Waals surface area contributed by atoms with E-state index in [1.165, 1.54) is 4.90 Å². The van der Waals surface area contributed by atoms with Crippen LogP contribution < -0.4 is 9.64 Å². The Hall–Kier alpha value is -2.87. The van der Waals surface area contributed by atoms with Crippen LogP contribution in [0, 0.1) is 0 Å². The topological polar surface area (TPSA) is 77.5 Å². The zero-order valence-corrected chi connectivity index (χ0v) is 20.0. The predicted molar refractivity (Wildman–Crippen MR) is 131 cm³/mol. The molecule has 0 aliphatic rings. The van der Waals surface area contributed by atoms with Crippen LogP contribution in [0.3, 0.4) is 0 Å². The second-order valence-electron chi connectivity index (χ2n) is 8.33. The molecule has 0 atom stereocenters. The van der Waals surface area contributed by atoms with Crippen LogP contribution in [0.5, 0.6) is 5.75 Å². The Morgan fingerprint density at radius 1 is 0.848 bits per heavy atom. The van der Waals surface area contributed by atoms with Gasteiger partial charge in [-0.2, -0.15) is 0 Å². The Morgan fingerprint density at radius 3 is 1.91 bits per heavy atom. The molecule has 0 aliphatic heterocycles. The first-order valence-corrected chi connectivity index (χ1v) is 11.0. The first-order valence-electron chi connectivity index (χ1n) is 11.0. The summed E-state index contributed by atoms with van der Waals surface area (Å²) in [5.41, 5.74) is 2.31. The normalized spacial score (nSPS) is 11.5. The van der Waals surface area contributed by atoms with E-state index < -0.39 is 5.60 Å². The van der Waals surface area contributed by atoms with E-state index in [1.807, 2.05) is 81.5 Å². The molecule has 0 saturated carbocycles. The first kappa shape index (κ1) is 26.4. The summed E-state index contributed by atoms with van der Waals surface area (Å²) in [4.78, 5) is 13.7. The van der Waals surface area contributed by atoms with Crippen LogP contribution >= 0.6 is 0 Å². The fourth-order valence-corrected chi connectivity index (χ4v) is 2.72. The third-order valence-corrected chi connectivity index (χ3v) is 4.40. The number of aliphatic hydroxyl groups excluding tert-OH is 1. The monoisotopic (exact) mass is 457 g/mol. The summed E-state index contributed by atoms with van der Waals surface area (Å²) in [6.07, 6.45) is 3.65. The van der Waals surface area contributed by atoms with Crippen LogP contribution in [0.1, 0.15) is 31.9 Å². The van der Waals surface area contributed by atoms with Gasteiger partial charge in [0.1, 0.15) is 18.0 Å². The molecule has 1 amide bonds. The molecule has 0 spiro atoms. The molecule has 0 saturated heterocycles. The number of hydrogen-bond acceptors (Lipinski definition) is 6. The van der Waals surface area contributed by atoms with E-state index >= 15 is 0 Å². The van der Waals surface area contributed by atoms with Gasteiger partial charge in [0.25, 0.3) is 0 Å². The highest BCUT2D eigenvalue weighted by Crippen LogP contribution is 2.19. The Balaban J connectivity index is 1.77. The summed E-state index contributed by atoms with van der Waals surface area (Å²) >= 11 is 0. The maximum absolute atomic E-state index is 12.2. The number of benzene rings is 2. The molecule has 0 aliphatic carbocycles. The smallest absolute Gasteiger partial charge is 0.414 e. The second-order valence-corrected chi connectivity index (χ2v) is 8.33. The molecule has 0 aromatic heterocycles. The maximum atomic E-state index is 12.2. The number of rotatable bonds is 12. The van der Waals surface area contributed by atoms with E-state index in [1.54, 1.807) is 7.05 Å². The van der Waals surface area contributed by atoms with Crippen LogP contribution in [-0.2, 0) is 14.2 Å². The number of hydrogen-bond donors (Lipinski definition) is 1. The number of carbonyl (C=O) groups is 1. The summed E-state index contributed by atoms with van der Waals surface area (Å²) in [5, 5.41) is 8.61. The van der Waals surface area contributed by atoms with Crippen LogP contribution in [-0.4, -0.2) is 63.5 Å². The van der Waals surface area contributed by atoms with Gasteiger partial charge in [-0.3, -0.25) is 4.90 Å². The number of anilines is 1. The third-order valence-electron chi connectivity index (χ3n) is 4.40. The van der Waals surface area contributed by atoms with Crippen molar-refractivity contribution in [1.82, 2.24) is 0 Å². The van der Waals surface area contributed by atoms with Gasteiger partial charge in [-0.25, -0.2) is 4.79 Å². The van der Waals surface area contributed by atoms with Crippen LogP contribution in [0.4, 0.5) is 10.5 Å². The van der Waals surface area contributed by atoms with Crippen LogP contribution in [0.15, 0.2) is 48.5 Å². The molecule has 180 valence electrons. The Bertz CT molecular complexity index is 856. The van der Waals surface area contributed by atoms with Gasteiger partial charge in [0, 0.05) is 12.7 Å². The lowest BCUT2D eigenvalue weighted by atomic mass is 10.1. The van der Waals surface area contributed by atoms with E-state index in [4.69, 9.17) is 24.1 Å². The molecule has 33 heavy (non-hydrogen) atoms. The molecular formula is C26H35NO6. The zero-order valence-electron chi connectivity index (χ0n) is 20.0. The number of carbonyl (C=O) groups excluding carboxylic acids is 1. The molecule has 2 aromatic rings. The fourth-order valence-electron chi connectivity index (χ4n) is 2.72. The van der Waals surface area contributed by atoms with E-state index in [0.29, 0.717) is 33.0 Å². The van der Waals surface area contributed by atoms with Crippen molar-refractivity contribution in [2.75, 3.05) is 51.6 Å². The standard InChI is InChI=1S/C26H35NO6/c1-26(2,3)33-25(29)27(4)23-11-7-21(8-12-23)5-6-22-9-13-24(14-10-22)32-20-19-31-18-17-30-16-15-28/h5-14,28H,15-20H2,1-4H3. The summed E-state index contributed by atoms with van der Waals surface area (Å²) in [5.74, 6) is 0.779. The van der Waals surface area contributed by atoms with Gasteiger partial charge in [-0.15, -0.1) is 0 Å². The highest BCUT2D eigenvalue weighted by Gasteiger charge is 2.20. The van der Waals surface area contributed by atoms with Crippen molar-refractivity contribution < 1.29 is 28.8 Å². The lowest BCUT2D eigenvalue weighted by molar-refractivity contribution is 0.0247. The largest absolute Gasteiger partial charge is 0.491 e. The maximum Gasteiger partial charge on any atom is 0.414 e. The van der Waals surface area contributed by atoms with Gasteiger partial charge in [-0.1, -0.05) is 36.4 Å². The summed E-state index contributed by atoms with van der Waals surface area (Å²) in [7, 11) is 1.70. The second kappa shape index (κ2) is 13.6. The van der Waals surface area contributed by atoms with E-state index in [9.17, 15) is 4.79 Å². The highest BCUT2D eigenvalue weighted by atomic mass is 16.6. The Labute approximate surface area is 196 Å². The number of aliphatic hydroxyl groups is 1. The lowest BCUT2D eigenvalue weighted by Crippen LogP contribution is -2.34. The van der Waals surface area contributed by atoms with Crippen molar-refractivity contribution in [2.24, 2.45) is 0 Å².